The van der Waals surface area contributed by atoms with Crippen LogP contribution in [0.4, 0.5) is 5.13 Å². The van der Waals surface area contributed by atoms with Crippen molar-refractivity contribution in [1.82, 2.24) is 10.2 Å². The van der Waals surface area contributed by atoms with Gasteiger partial charge in [0, 0.05) is 29.3 Å². The Hall–Kier alpha value is -3.54. The maximum atomic E-state index is 13.6. The maximum Gasteiger partial charge on any atom is 0.219 e. The maximum absolute atomic E-state index is 13.6. The molecule has 1 unspecified atom stereocenters. The number of anilines is 1. The molecule has 2 heterocycles. The second kappa shape index (κ2) is 9.61. The van der Waals surface area contributed by atoms with E-state index in [2.05, 4.69) is 22.3 Å². The zero-order valence-corrected chi connectivity index (χ0v) is 21.4. The average molecular weight is 509 g/mol. The van der Waals surface area contributed by atoms with Crippen LogP contribution >= 0.6 is 23.1 Å². The Morgan fingerprint density at radius 2 is 2.03 bits per heavy atom. The summed E-state index contributed by atoms with van der Waals surface area (Å²) in [5.41, 5.74) is 8.46. The van der Waals surface area contributed by atoms with Crippen LogP contribution in [0.1, 0.15) is 38.2 Å². The van der Waals surface area contributed by atoms with Gasteiger partial charge in [0.1, 0.15) is 17.3 Å². The lowest BCUT2D eigenvalue weighted by Gasteiger charge is -2.42. The lowest BCUT2D eigenvalue weighted by atomic mass is 9.68. The van der Waals surface area contributed by atoms with Gasteiger partial charge in [-0.2, -0.15) is 10.5 Å². The van der Waals surface area contributed by atoms with Gasteiger partial charge in [-0.1, -0.05) is 43.0 Å². The van der Waals surface area contributed by atoms with Crippen molar-refractivity contribution in [3.63, 3.8) is 0 Å². The van der Waals surface area contributed by atoms with Crippen molar-refractivity contribution >= 4 is 34.0 Å². The molecule has 9 nitrogen and oxygen atoms in total. The fourth-order valence-electron chi connectivity index (χ4n) is 4.54. The van der Waals surface area contributed by atoms with E-state index in [9.17, 15) is 10.1 Å². The monoisotopic (exact) mass is 508 g/mol. The fourth-order valence-corrected chi connectivity index (χ4v) is 6.08. The van der Waals surface area contributed by atoms with Crippen molar-refractivity contribution in [2.45, 2.75) is 36.9 Å². The zero-order chi connectivity index (χ0) is 25.3. The van der Waals surface area contributed by atoms with Gasteiger partial charge in [-0.25, -0.2) is 0 Å². The van der Waals surface area contributed by atoms with E-state index < -0.39 is 5.92 Å². The first-order valence-electron chi connectivity index (χ1n) is 10.8. The summed E-state index contributed by atoms with van der Waals surface area (Å²) >= 11 is 2.54. The summed E-state index contributed by atoms with van der Waals surface area (Å²) in [7, 11) is 3.10. The molecule has 1 aromatic carbocycles. The summed E-state index contributed by atoms with van der Waals surface area (Å²) < 4.78 is 11.6. The van der Waals surface area contributed by atoms with Gasteiger partial charge in [0.2, 0.25) is 5.13 Å². The number of nitrogens with zero attached hydrogens (tertiary/aromatic N) is 5. The number of ether oxygens (including phenoxy) is 2. The molecule has 0 fully saturated rings. The highest BCUT2D eigenvalue weighted by Crippen LogP contribution is 2.52. The second-order valence-corrected chi connectivity index (χ2v) is 11.1. The number of carbonyl (C=O) groups is 1. The van der Waals surface area contributed by atoms with Crippen LogP contribution in [0.3, 0.4) is 0 Å². The molecule has 2 aromatic rings. The first-order chi connectivity index (χ1) is 16.7. The normalized spacial score (nSPS) is 19.2. The number of rotatable bonds is 6. The summed E-state index contributed by atoms with van der Waals surface area (Å²) in [6, 6.07) is 9.63. The minimum atomic E-state index is -0.684. The molecule has 0 spiro atoms. The van der Waals surface area contributed by atoms with E-state index in [1.165, 1.54) is 30.2 Å². The predicted molar refractivity (Wildman–Crippen MR) is 133 cm³/mol. The molecule has 1 atom stereocenters. The number of hydrogen-bond acceptors (Lipinski definition) is 11. The van der Waals surface area contributed by atoms with E-state index in [1.54, 1.807) is 24.1 Å². The SMILES string of the molecule is COc1ccc(C2C(C#N)=C(N)N(c3nnc(SCC#N)s3)C3=C2C(=O)CC(C)(C)C3)c(OC)c1. The number of allylic oxidation sites excluding steroid dienone is 3. The number of aromatic nitrogens is 2. The van der Waals surface area contributed by atoms with Gasteiger partial charge in [0.25, 0.3) is 0 Å². The molecule has 2 N–H and O–H groups in total. The van der Waals surface area contributed by atoms with E-state index in [1.807, 2.05) is 19.9 Å². The van der Waals surface area contributed by atoms with Crippen molar-refractivity contribution in [3.05, 3.63) is 46.4 Å². The van der Waals surface area contributed by atoms with Crippen LogP contribution in [0.25, 0.3) is 0 Å². The van der Waals surface area contributed by atoms with E-state index in [0.29, 0.717) is 50.6 Å². The fraction of sp³-hybridized carbons (Fsp3) is 0.375. The Morgan fingerprint density at radius 1 is 1.26 bits per heavy atom. The lowest BCUT2D eigenvalue weighted by molar-refractivity contribution is -0.118. The van der Waals surface area contributed by atoms with Gasteiger partial charge < -0.3 is 15.2 Å². The number of ketones is 1. The summed E-state index contributed by atoms with van der Waals surface area (Å²) in [5.74, 6) is 0.804. The van der Waals surface area contributed by atoms with Gasteiger partial charge in [-0.15, -0.1) is 10.2 Å². The van der Waals surface area contributed by atoms with E-state index in [-0.39, 0.29) is 28.3 Å². The molecular weight excluding hydrogens is 484 g/mol. The lowest BCUT2D eigenvalue weighted by Crippen LogP contribution is -2.42. The number of thioether (sulfide) groups is 1. The number of benzene rings is 1. The quantitative estimate of drug-likeness (QED) is 0.567. The largest absolute Gasteiger partial charge is 0.497 e. The summed E-state index contributed by atoms with van der Waals surface area (Å²) in [6.07, 6.45) is 0.898. The molecule has 1 aliphatic heterocycles. The Morgan fingerprint density at radius 3 is 2.69 bits per heavy atom. The molecule has 180 valence electrons. The molecule has 4 rings (SSSR count). The van der Waals surface area contributed by atoms with E-state index in [0.717, 1.165) is 0 Å². The first-order valence-corrected chi connectivity index (χ1v) is 12.6. The van der Waals surface area contributed by atoms with Crippen LogP contribution in [0.2, 0.25) is 0 Å². The number of Topliss-reactive ketones (excluding diaryl/α,β-unsaturated/α-hetero) is 1. The Kier molecular flexibility index (Phi) is 6.75. The van der Waals surface area contributed by atoms with Crippen LogP contribution in [0, 0.1) is 28.1 Å². The minimum Gasteiger partial charge on any atom is -0.497 e. The Balaban J connectivity index is 1.95. The molecule has 11 heteroatoms. The third-order valence-corrected chi connectivity index (χ3v) is 7.89. The number of nitrogens with two attached hydrogens (primary N) is 1. The standard InChI is InChI=1S/C24H24N6O3S2/c1-24(2)10-16-20(17(31)11-24)19(14-6-5-13(32-3)9-18(14)33-4)15(12-26)21(27)30(16)22-28-29-23(35-22)34-8-7-25/h5-6,9,19H,8,10-11,27H2,1-4H3. The van der Waals surface area contributed by atoms with Crippen molar-refractivity contribution in [2.24, 2.45) is 11.1 Å². The van der Waals surface area contributed by atoms with Crippen LogP contribution in [0.15, 0.2) is 45.2 Å². The number of carbonyl (C=O) groups excluding carboxylic acids is 1. The highest BCUT2D eigenvalue weighted by Gasteiger charge is 2.46. The van der Waals surface area contributed by atoms with Gasteiger partial charge >= 0.3 is 0 Å². The van der Waals surface area contributed by atoms with Crippen molar-refractivity contribution < 1.29 is 14.3 Å². The molecule has 0 amide bonds. The third-order valence-electron chi connectivity index (χ3n) is 5.98. The number of hydrogen-bond donors (Lipinski definition) is 1. The van der Waals surface area contributed by atoms with Crippen LogP contribution in [-0.2, 0) is 4.79 Å². The summed E-state index contributed by atoms with van der Waals surface area (Å²) in [6.45, 7) is 4.06. The second-order valence-electron chi connectivity index (χ2n) is 8.89. The summed E-state index contributed by atoms with van der Waals surface area (Å²) in [5, 5.41) is 28.0. The van der Waals surface area contributed by atoms with Crippen LogP contribution in [-0.4, -0.2) is 36.0 Å². The van der Waals surface area contributed by atoms with E-state index in [4.69, 9.17) is 20.5 Å². The van der Waals surface area contributed by atoms with Crippen molar-refractivity contribution in [1.29, 1.82) is 10.5 Å². The molecule has 0 saturated carbocycles. The van der Waals surface area contributed by atoms with Crippen molar-refractivity contribution in [2.75, 3.05) is 24.9 Å². The molecule has 35 heavy (non-hydrogen) atoms. The molecule has 0 bridgehead atoms. The molecule has 0 radical (unpaired) electrons. The van der Waals surface area contributed by atoms with Crippen molar-refractivity contribution in [3.8, 4) is 23.6 Å². The van der Waals surface area contributed by atoms with Gasteiger partial charge in [-0.05, 0) is 17.9 Å². The topological polar surface area (TPSA) is 138 Å². The predicted octanol–water partition coefficient (Wildman–Crippen LogP) is 4.11. The molecule has 1 aromatic heterocycles. The molecule has 0 saturated heterocycles. The average Bonchev–Trinajstić information content (AvgIpc) is 3.29. The minimum absolute atomic E-state index is 0.0482. The molecular formula is C24H24N6O3S2. The smallest absolute Gasteiger partial charge is 0.219 e. The van der Waals surface area contributed by atoms with E-state index >= 15 is 0 Å². The Bertz CT molecular complexity index is 1330. The van der Waals surface area contributed by atoms with Gasteiger partial charge in [0.15, 0.2) is 10.1 Å². The number of methoxy groups -OCH3 is 2. The third kappa shape index (κ3) is 4.45. The van der Waals surface area contributed by atoms with Gasteiger partial charge in [0.05, 0.1) is 43.6 Å². The highest BCUT2D eigenvalue weighted by atomic mass is 32.2. The highest BCUT2D eigenvalue weighted by molar-refractivity contribution is 8.01. The summed E-state index contributed by atoms with van der Waals surface area (Å²) in [4.78, 5) is 15.3. The number of nitriles is 2. The Labute approximate surface area is 211 Å². The first kappa shape index (κ1) is 24.6. The van der Waals surface area contributed by atoms with Crippen LogP contribution < -0.4 is 20.1 Å². The van der Waals surface area contributed by atoms with Gasteiger partial charge in [-0.3, -0.25) is 9.69 Å². The molecule has 2 aliphatic rings. The zero-order valence-electron chi connectivity index (χ0n) is 19.8. The van der Waals surface area contributed by atoms with Crippen LogP contribution in [0.5, 0.6) is 11.5 Å². The molecule has 1 aliphatic carbocycles.